The second kappa shape index (κ2) is 7.82. The van der Waals surface area contributed by atoms with E-state index in [1.807, 2.05) is 26.0 Å². The van der Waals surface area contributed by atoms with E-state index < -0.39 is 0 Å². The summed E-state index contributed by atoms with van der Waals surface area (Å²) in [6.45, 7) is 4.57. The molecule has 2 rings (SSSR count). The van der Waals surface area contributed by atoms with Crippen LogP contribution < -0.4 is 16.0 Å². The number of hydrogen-bond donors (Lipinski definition) is 3. The van der Waals surface area contributed by atoms with Gasteiger partial charge >= 0.3 is 6.03 Å². The molecule has 0 heterocycles. The predicted octanol–water partition coefficient (Wildman–Crippen LogP) is 2.14. The molecular formula is C17H25N3O2. The van der Waals surface area contributed by atoms with E-state index >= 15 is 0 Å². The minimum Gasteiger partial charge on any atom is -0.354 e. The SMILES string of the molecule is CC(C)C(=O)NCCNC(=O)N[C@@H]1CCCc2ccccc21. The van der Waals surface area contributed by atoms with E-state index in [4.69, 9.17) is 0 Å². The van der Waals surface area contributed by atoms with Crippen molar-refractivity contribution in [1.82, 2.24) is 16.0 Å². The minimum absolute atomic E-state index is 0.00316. The summed E-state index contributed by atoms with van der Waals surface area (Å²) in [5, 5.41) is 8.59. The maximum absolute atomic E-state index is 12.0. The Morgan fingerprint density at radius 2 is 1.91 bits per heavy atom. The van der Waals surface area contributed by atoms with E-state index in [-0.39, 0.29) is 23.9 Å². The second-order valence-corrected chi connectivity index (χ2v) is 5.99. The fourth-order valence-corrected chi connectivity index (χ4v) is 2.68. The minimum atomic E-state index is -0.180. The van der Waals surface area contributed by atoms with Gasteiger partial charge in [-0.15, -0.1) is 0 Å². The average Bonchev–Trinajstić information content (AvgIpc) is 2.51. The Balaban J connectivity index is 1.75. The van der Waals surface area contributed by atoms with E-state index in [0.29, 0.717) is 13.1 Å². The summed E-state index contributed by atoms with van der Waals surface area (Å²) in [5.74, 6) is -0.0315. The van der Waals surface area contributed by atoms with Gasteiger partial charge in [0.2, 0.25) is 5.91 Å². The lowest BCUT2D eigenvalue weighted by Crippen LogP contribution is -2.42. The van der Waals surface area contributed by atoms with Crippen LogP contribution in [-0.4, -0.2) is 25.0 Å². The molecule has 120 valence electrons. The molecule has 3 N–H and O–H groups in total. The Hall–Kier alpha value is -2.04. The molecule has 0 bridgehead atoms. The van der Waals surface area contributed by atoms with Crippen molar-refractivity contribution in [2.24, 2.45) is 5.92 Å². The van der Waals surface area contributed by atoms with Gasteiger partial charge in [-0.2, -0.15) is 0 Å². The van der Waals surface area contributed by atoms with Crippen LogP contribution in [0.4, 0.5) is 4.79 Å². The number of rotatable bonds is 5. The molecule has 5 heteroatoms. The number of nitrogens with one attached hydrogen (secondary N) is 3. The number of aryl methyl sites for hydroxylation is 1. The van der Waals surface area contributed by atoms with Crippen molar-refractivity contribution in [2.75, 3.05) is 13.1 Å². The molecule has 3 amide bonds. The number of fused-ring (bicyclic) bond motifs is 1. The standard InChI is InChI=1S/C17H25N3O2/c1-12(2)16(21)18-10-11-19-17(22)20-15-9-5-7-13-6-3-4-8-14(13)15/h3-4,6,8,12,15H,5,7,9-11H2,1-2H3,(H,18,21)(H2,19,20,22)/t15-/m1/s1. The third-order valence-corrected chi connectivity index (χ3v) is 3.91. The number of carbonyl (C=O) groups is 2. The van der Waals surface area contributed by atoms with E-state index in [2.05, 4.69) is 28.1 Å². The van der Waals surface area contributed by atoms with E-state index in [1.165, 1.54) is 11.1 Å². The van der Waals surface area contributed by atoms with Crippen molar-refractivity contribution >= 4 is 11.9 Å². The predicted molar refractivity (Wildman–Crippen MR) is 86.5 cm³/mol. The van der Waals surface area contributed by atoms with Gasteiger partial charge in [0.25, 0.3) is 0 Å². The van der Waals surface area contributed by atoms with Crippen LogP contribution in [0, 0.1) is 5.92 Å². The van der Waals surface area contributed by atoms with Gasteiger partial charge in [0.1, 0.15) is 0 Å². The normalized spacial score (nSPS) is 16.8. The summed E-state index contributed by atoms with van der Waals surface area (Å²) in [7, 11) is 0. The highest BCUT2D eigenvalue weighted by molar-refractivity contribution is 5.78. The maximum atomic E-state index is 12.0. The highest BCUT2D eigenvalue weighted by Gasteiger charge is 2.21. The van der Waals surface area contributed by atoms with Crippen LogP contribution in [0.15, 0.2) is 24.3 Å². The topological polar surface area (TPSA) is 70.2 Å². The molecule has 0 unspecified atom stereocenters. The highest BCUT2D eigenvalue weighted by Crippen LogP contribution is 2.29. The molecule has 1 aromatic rings. The van der Waals surface area contributed by atoms with Crippen molar-refractivity contribution in [1.29, 1.82) is 0 Å². The molecule has 1 aliphatic carbocycles. The van der Waals surface area contributed by atoms with Gasteiger partial charge in [-0.05, 0) is 30.4 Å². The summed E-state index contributed by atoms with van der Waals surface area (Å²) in [5.41, 5.74) is 2.54. The van der Waals surface area contributed by atoms with Crippen molar-refractivity contribution in [2.45, 2.75) is 39.2 Å². The number of carbonyl (C=O) groups excluding carboxylic acids is 2. The zero-order chi connectivity index (χ0) is 15.9. The Labute approximate surface area is 131 Å². The molecule has 0 spiro atoms. The highest BCUT2D eigenvalue weighted by atomic mass is 16.2. The lowest BCUT2D eigenvalue weighted by Gasteiger charge is -2.26. The van der Waals surface area contributed by atoms with Gasteiger partial charge in [-0.1, -0.05) is 38.1 Å². The molecule has 0 saturated heterocycles. The Kier molecular flexibility index (Phi) is 5.81. The quantitative estimate of drug-likeness (QED) is 0.729. The fraction of sp³-hybridized carbons (Fsp3) is 0.529. The van der Waals surface area contributed by atoms with E-state index in [9.17, 15) is 9.59 Å². The van der Waals surface area contributed by atoms with Crippen LogP contribution in [0.25, 0.3) is 0 Å². The first-order valence-electron chi connectivity index (χ1n) is 7.98. The summed E-state index contributed by atoms with van der Waals surface area (Å²) in [4.78, 5) is 23.4. The Morgan fingerprint density at radius 1 is 1.18 bits per heavy atom. The Morgan fingerprint density at radius 3 is 2.68 bits per heavy atom. The van der Waals surface area contributed by atoms with Gasteiger partial charge in [0.15, 0.2) is 0 Å². The van der Waals surface area contributed by atoms with Crippen LogP contribution in [0.1, 0.15) is 43.9 Å². The molecule has 1 atom stereocenters. The number of urea groups is 1. The first kappa shape index (κ1) is 16.3. The Bertz CT molecular complexity index is 528. The molecule has 0 aromatic heterocycles. The van der Waals surface area contributed by atoms with Crippen LogP contribution in [0.3, 0.4) is 0 Å². The van der Waals surface area contributed by atoms with Gasteiger partial charge in [0, 0.05) is 19.0 Å². The van der Waals surface area contributed by atoms with Crippen molar-refractivity contribution in [3.63, 3.8) is 0 Å². The lowest BCUT2D eigenvalue weighted by atomic mass is 9.88. The zero-order valence-electron chi connectivity index (χ0n) is 13.3. The molecule has 0 radical (unpaired) electrons. The molecule has 5 nitrogen and oxygen atoms in total. The summed E-state index contributed by atoms with van der Waals surface area (Å²) < 4.78 is 0. The number of hydrogen-bond acceptors (Lipinski definition) is 2. The van der Waals surface area contributed by atoms with Crippen molar-refractivity contribution in [3.8, 4) is 0 Å². The van der Waals surface area contributed by atoms with Crippen molar-refractivity contribution in [3.05, 3.63) is 35.4 Å². The summed E-state index contributed by atoms with van der Waals surface area (Å²) >= 11 is 0. The zero-order valence-corrected chi connectivity index (χ0v) is 13.3. The molecule has 1 aromatic carbocycles. The smallest absolute Gasteiger partial charge is 0.315 e. The third kappa shape index (κ3) is 4.48. The van der Waals surface area contributed by atoms with Gasteiger partial charge < -0.3 is 16.0 Å². The monoisotopic (exact) mass is 303 g/mol. The molecular weight excluding hydrogens is 278 g/mol. The van der Waals surface area contributed by atoms with Crippen LogP contribution in [0.5, 0.6) is 0 Å². The van der Waals surface area contributed by atoms with Gasteiger partial charge in [0.05, 0.1) is 6.04 Å². The van der Waals surface area contributed by atoms with Gasteiger partial charge in [-0.25, -0.2) is 4.79 Å². The summed E-state index contributed by atoms with van der Waals surface area (Å²) in [6.07, 6.45) is 3.14. The maximum Gasteiger partial charge on any atom is 0.315 e. The largest absolute Gasteiger partial charge is 0.354 e. The number of amides is 3. The van der Waals surface area contributed by atoms with Crippen molar-refractivity contribution < 1.29 is 9.59 Å². The fourth-order valence-electron chi connectivity index (χ4n) is 2.68. The molecule has 0 fully saturated rings. The molecule has 0 aliphatic heterocycles. The first-order chi connectivity index (χ1) is 10.6. The van der Waals surface area contributed by atoms with Crippen LogP contribution in [-0.2, 0) is 11.2 Å². The molecule has 0 saturated carbocycles. The third-order valence-electron chi connectivity index (χ3n) is 3.91. The lowest BCUT2D eigenvalue weighted by molar-refractivity contribution is -0.123. The van der Waals surface area contributed by atoms with E-state index in [0.717, 1.165) is 19.3 Å². The van der Waals surface area contributed by atoms with Gasteiger partial charge in [-0.3, -0.25) is 4.79 Å². The average molecular weight is 303 g/mol. The van der Waals surface area contributed by atoms with Crippen LogP contribution >= 0.6 is 0 Å². The second-order valence-electron chi connectivity index (χ2n) is 5.99. The van der Waals surface area contributed by atoms with Crippen LogP contribution in [0.2, 0.25) is 0 Å². The first-order valence-corrected chi connectivity index (χ1v) is 7.98. The van der Waals surface area contributed by atoms with E-state index in [1.54, 1.807) is 0 Å². The summed E-state index contributed by atoms with van der Waals surface area (Å²) in [6, 6.07) is 8.16. The molecule has 22 heavy (non-hydrogen) atoms. The number of benzene rings is 1. The molecule has 1 aliphatic rings.